The van der Waals surface area contributed by atoms with Gasteiger partial charge in [-0.05, 0) is 32.3 Å². The summed E-state index contributed by atoms with van der Waals surface area (Å²) >= 11 is 0. The largest absolute Gasteiger partial charge is 0.352 e. The van der Waals surface area contributed by atoms with E-state index < -0.39 is 0 Å². The summed E-state index contributed by atoms with van der Waals surface area (Å²) in [6, 6.07) is 18.4. The molecule has 6 nitrogen and oxygen atoms in total. The van der Waals surface area contributed by atoms with Gasteiger partial charge >= 0.3 is 0 Å². The van der Waals surface area contributed by atoms with Gasteiger partial charge in [-0.15, -0.1) is 0 Å². The number of nitrogens with one attached hydrogen (secondary N) is 1. The molecule has 0 spiro atoms. The van der Waals surface area contributed by atoms with Crippen LogP contribution in [0.4, 0.5) is 0 Å². The van der Waals surface area contributed by atoms with Gasteiger partial charge in [-0.3, -0.25) is 19.1 Å². The van der Waals surface area contributed by atoms with Gasteiger partial charge in [-0.25, -0.2) is 4.98 Å². The molecule has 0 aliphatic carbocycles. The van der Waals surface area contributed by atoms with Crippen LogP contribution in [0.2, 0.25) is 0 Å². The highest BCUT2D eigenvalue weighted by atomic mass is 16.2. The lowest BCUT2D eigenvalue weighted by Gasteiger charge is -2.29. The van der Waals surface area contributed by atoms with E-state index in [1.807, 2.05) is 63.2 Å². The molecule has 1 aliphatic heterocycles. The van der Waals surface area contributed by atoms with Crippen LogP contribution in [-0.2, 0) is 30.8 Å². The highest BCUT2D eigenvalue weighted by molar-refractivity contribution is 5.76. The summed E-state index contributed by atoms with van der Waals surface area (Å²) in [7, 11) is 0. The van der Waals surface area contributed by atoms with E-state index in [9.17, 15) is 9.59 Å². The number of hydrogen-bond acceptors (Lipinski definition) is 4. The second-order valence-corrected chi connectivity index (χ2v) is 8.94. The van der Waals surface area contributed by atoms with Crippen molar-refractivity contribution in [2.24, 2.45) is 0 Å². The highest BCUT2D eigenvalue weighted by Gasteiger charge is 2.25. The molecule has 6 heteroatoms. The van der Waals surface area contributed by atoms with E-state index in [2.05, 4.69) is 22.3 Å². The summed E-state index contributed by atoms with van der Waals surface area (Å²) in [5.41, 5.74) is 4.66. The zero-order valence-corrected chi connectivity index (χ0v) is 19.7. The molecule has 2 heterocycles. The zero-order chi connectivity index (χ0) is 23.4. The fourth-order valence-electron chi connectivity index (χ4n) is 4.19. The van der Waals surface area contributed by atoms with E-state index in [0.29, 0.717) is 18.8 Å². The highest BCUT2D eigenvalue weighted by Crippen LogP contribution is 2.22. The van der Waals surface area contributed by atoms with Crippen molar-refractivity contribution in [3.8, 4) is 11.4 Å². The van der Waals surface area contributed by atoms with E-state index in [1.54, 1.807) is 4.57 Å². The second kappa shape index (κ2) is 10.1. The molecule has 172 valence electrons. The first-order chi connectivity index (χ1) is 15.9. The third-order valence-electron chi connectivity index (χ3n) is 6.28. The van der Waals surface area contributed by atoms with Crippen LogP contribution in [0.5, 0.6) is 0 Å². The maximum Gasteiger partial charge on any atom is 0.257 e. The number of carbonyl (C=O) groups is 1. The number of fused-ring (bicyclic) bond motifs is 1. The van der Waals surface area contributed by atoms with E-state index in [1.165, 1.54) is 5.56 Å². The Hall–Kier alpha value is -3.25. The monoisotopic (exact) mass is 444 g/mol. The third-order valence-corrected chi connectivity index (χ3v) is 6.28. The smallest absolute Gasteiger partial charge is 0.257 e. The maximum atomic E-state index is 13.6. The minimum Gasteiger partial charge on any atom is -0.352 e. The molecule has 4 rings (SSSR count). The molecule has 2 aromatic carbocycles. The molecule has 1 unspecified atom stereocenters. The Bertz CT molecular complexity index is 1170. The number of nitrogens with zero attached hydrogens (tertiary/aromatic N) is 3. The fourth-order valence-corrected chi connectivity index (χ4v) is 4.19. The minimum absolute atomic E-state index is 0.0274. The van der Waals surface area contributed by atoms with Crippen molar-refractivity contribution in [3.63, 3.8) is 0 Å². The second-order valence-electron chi connectivity index (χ2n) is 8.94. The summed E-state index contributed by atoms with van der Waals surface area (Å²) in [6.45, 7) is 8.23. The lowest BCUT2D eigenvalue weighted by molar-refractivity contribution is -0.122. The molecule has 1 N–H and O–H groups in total. The van der Waals surface area contributed by atoms with Crippen LogP contribution in [0.1, 0.15) is 42.7 Å². The van der Waals surface area contributed by atoms with Crippen molar-refractivity contribution in [2.75, 3.05) is 6.54 Å². The Labute approximate surface area is 195 Å². The Kier molecular flexibility index (Phi) is 7.04. The normalized spacial score (nSPS) is 14.5. The molecule has 0 saturated carbocycles. The van der Waals surface area contributed by atoms with Crippen molar-refractivity contribution in [1.29, 1.82) is 0 Å². The first-order valence-electron chi connectivity index (χ1n) is 11.7. The number of aromatic nitrogens is 2. The van der Waals surface area contributed by atoms with Crippen molar-refractivity contribution < 1.29 is 4.79 Å². The van der Waals surface area contributed by atoms with Crippen molar-refractivity contribution in [2.45, 2.75) is 59.3 Å². The maximum absolute atomic E-state index is 13.6. The van der Waals surface area contributed by atoms with E-state index in [4.69, 9.17) is 4.98 Å². The molecule has 1 aliphatic rings. The molecular weight excluding hydrogens is 412 g/mol. The topological polar surface area (TPSA) is 67.2 Å². The van der Waals surface area contributed by atoms with Crippen molar-refractivity contribution >= 4 is 5.91 Å². The van der Waals surface area contributed by atoms with Crippen LogP contribution in [0.15, 0.2) is 59.4 Å². The first kappa shape index (κ1) is 22.9. The number of hydrogen-bond donors (Lipinski definition) is 1. The zero-order valence-electron chi connectivity index (χ0n) is 19.7. The minimum atomic E-state index is -0.164. The lowest BCUT2D eigenvalue weighted by atomic mass is 10.0. The number of amides is 1. The molecule has 0 saturated heterocycles. The molecule has 0 fully saturated rings. The van der Waals surface area contributed by atoms with Crippen LogP contribution in [0.3, 0.4) is 0 Å². The number of carbonyl (C=O) groups excluding carboxylic acids is 1. The van der Waals surface area contributed by atoms with Crippen LogP contribution in [0.25, 0.3) is 11.4 Å². The van der Waals surface area contributed by atoms with Crippen molar-refractivity contribution in [3.05, 3.63) is 87.3 Å². The van der Waals surface area contributed by atoms with Crippen LogP contribution in [0, 0.1) is 6.92 Å². The van der Waals surface area contributed by atoms with Gasteiger partial charge in [-0.2, -0.15) is 0 Å². The van der Waals surface area contributed by atoms with Gasteiger partial charge < -0.3 is 5.32 Å². The van der Waals surface area contributed by atoms with Gasteiger partial charge in [0.15, 0.2) is 0 Å². The average Bonchev–Trinajstić information content (AvgIpc) is 2.82. The fraction of sp³-hybridized carbons (Fsp3) is 0.370. The molecule has 1 aromatic heterocycles. The molecule has 0 bridgehead atoms. The lowest BCUT2D eigenvalue weighted by Crippen LogP contribution is -2.41. The van der Waals surface area contributed by atoms with E-state index >= 15 is 0 Å². The Morgan fingerprint density at radius 1 is 1.12 bits per heavy atom. The third kappa shape index (κ3) is 5.40. The predicted octanol–water partition coefficient (Wildman–Crippen LogP) is 3.69. The van der Waals surface area contributed by atoms with Crippen LogP contribution in [-0.4, -0.2) is 32.9 Å². The first-order valence-corrected chi connectivity index (χ1v) is 11.7. The molecule has 3 aromatic rings. The number of rotatable bonds is 7. The summed E-state index contributed by atoms with van der Waals surface area (Å²) in [5, 5.41) is 2.97. The number of aryl methyl sites for hydroxylation is 1. The van der Waals surface area contributed by atoms with Crippen LogP contribution < -0.4 is 10.9 Å². The number of benzene rings is 2. The quantitative estimate of drug-likeness (QED) is 0.604. The van der Waals surface area contributed by atoms with Gasteiger partial charge in [-0.1, -0.05) is 67.1 Å². The van der Waals surface area contributed by atoms with Gasteiger partial charge in [0.2, 0.25) is 5.91 Å². The molecule has 33 heavy (non-hydrogen) atoms. The molecule has 1 amide bonds. The van der Waals surface area contributed by atoms with Gasteiger partial charge in [0.1, 0.15) is 12.4 Å². The molecular formula is C27H32N4O2. The Morgan fingerprint density at radius 2 is 1.85 bits per heavy atom. The summed E-state index contributed by atoms with van der Waals surface area (Å²) in [6.07, 6.45) is 1.47. The van der Waals surface area contributed by atoms with Gasteiger partial charge in [0, 0.05) is 36.8 Å². The predicted molar refractivity (Wildman–Crippen MR) is 131 cm³/mol. The summed E-state index contributed by atoms with van der Waals surface area (Å²) in [4.78, 5) is 33.5. The Balaban J connectivity index is 1.69. The molecule has 1 atom stereocenters. The standard InChI is InChI=1S/C27H32N4O2/c1-4-20(3)28-25(32)18-31-26(22-12-10-19(2)11-13-22)29-24-17-30(15-14-23(24)27(31)33)16-21-8-6-5-7-9-21/h5-13,20H,4,14-18H2,1-3H3,(H,28,32). The average molecular weight is 445 g/mol. The summed E-state index contributed by atoms with van der Waals surface area (Å²) in [5.74, 6) is 0.391. The van der Waals surface area contributed by atoms with E-state index in [-0.39, 0.29) is 24.1 Å². The van der Waals surface area contributed by atoms with Gasteiger partial charge in [0.25, 0.3) is 5.56 Å². The van der Waals surface area contributed by atoms with Crippen molar-refractivity contribution in [1.82, 2.24) is 19.8 Å². The Morgan fingerprint density at radius 3 is 2.55 bits per heavy atom. The van der Waals surface area contributed by atoms with Crippen LogP contribution >= 0.6 is 0 Å². The summed E-state index contributed by atoms with van der Waals surface area (Å²) < 4.78 is 1.55. The SMILES string of the molecule is CCC(C)NC(=O)Cn1c(-c2ccc(C)cc2)nc2c(c1=O)CCN(Cc1ccccc1)C2. The van der Waals surface area contributed by atoms with Gasteiger partial charge in [0.05, 0.1) is 5.69 Å². The van der Waals surface area contributed by atoms with E-state index in [0.717, 1.165) is 41.9 Å². The molecule has 0 radical (unpaired) electrons.